The largest absolute Gasteiger partial charge is 0.465 e. The Kier molecular flexibility index (Phi) is 8.73. The molecule has 1 aliphatic heterocycles. The molecule has 1 aliphatic rings. The van der Waals surface area contributed by atoms with Crippen LogP contribution in [-0.4, -0.2) is 57.7 Å². The van der Waals surface area contributed by atoms with Gasteiger partial charge in [-0.1, -0.05) is 27.7 Å². The zero-order valence-electron chi connectivity index (χ0n) is 19.5. The number of ether oxygens (including phenoxy) is 3. The smallest absolute Gasteiger partial charge is 0.311 e. The molecule has 0 bridgehead atoms. The molecule has 0 radical (unpaired) electrons. The van der Waals surface area contributed by atoms with E-state index in [4.69, 9.17) is 18.6 Å². The van der Waals surface area contributed by atoms with E-state index >= 15 is 0 Å². The summed E-state index contributed by atoms with van der Waals surface area (Å²) in [5, 5.41) is 11.1. The molecule has 166 valence electrons. The van der Waals surface area contributed by atoms with Crippen LogP contribution < -0.4 is 0 Å². The normalized spacial score (nSPS) is 26.2. The lowest BCUT2D eigenvalue weighted by Gasteiger charge is -2.41. The topological polar surface area (TPSA) is 74.2 Å². The molecule has 0 aromatic heterocycles. The minimum absolute atomic E-state index is 0.00424. The Bertz CT molecular complexity index is 508. The highest BCUT2D eigenvalue weighted by atomic mass is 28.4. The van der Waals surface area contributed by atoms with E-state index in [-0.39, 0.29) is 35.9 Å². The highest BCUT2D eigenvalue weighted by molar-refractivity contribution is 6.74. The van der Waals surface area contributed by atoms with Gasteiger partial charge in [-0.3, -0.25) is 4.79 Å². The molecule has 0 amide bonds. The number of esters is 1. The number of carbonyl (C=O) groups excluding carboxylic acids is 1. The van der Waals surface area contributed by atoms with Gasteiger partial charge >= 0.3 is 5.97 Å². The van der Waals surface area contributed by atoms with E-state index in [1.807, 2.05) is 20.8 Å². The third kappa shape index (κ3) is 6.80. The highest BCUT2D eigenvalue weighted by Crippen LogP contribution is 2.39. The van der Waals surface area contributed by atoms with Gasteiger partial charge in [0, 0.05) is 20.0 Å². The summed E-state index contributed by atoms with van der Waals surface area (Å²) in [5.74, 6) is -0.0967. The van der Waals surface area contributed by atoms with E-state index in [2.05, 4.69) is 40.8 Å². The van der Waals surface area contributed by atoms with Crippen molar-refractivity contribution in [2.24, 2.45) is 11.3 Å². The summed E-state index contributed by atoms with van der Waals surface area (Å²) in [6, 6.07) is 0. The number of methoxy groups -OCH3 is 1. The molecule has 1 N–H and O–H groups in total. The lowest BCUT2D eigenvalue weighted by Crippen LogP contribution is -2.51. The standard InChI is InChI=1S/C21H42O6Si/c1-14-13-16(24-8)26-18(14)17(22)15(27-28(9,10)21(5,6)7)11-12-25-19(23)20(2,3)4/h14-18,22H,11-13H2,1-10H3/t14-,15-,16-,17-,18-/m1/s1. The van der Waals surface area contributed by atoms with Gasteiger partial charge in [0.1, 0.15) is 6.10 Å². The molecule has 7 heteroatoms. The minimum atomic E-state index is -2.13. The average Bonchev–Trinajstić information content (AvgIpc) is 2.92. The molecule has 0 saturated carbocycles. The van der Waals surface area contributed by atoms with Crippen LogP contribution in [0.3, 0.4) is 0 Å². The number of rotatable bonds is 8. The number of hydrogen-bond acceptors (Lipinski definition) is 6. The van der Waals surface area contributed by atoms with Crippen molar-refractivity contribution in [2.75, 3.05) is 13.7 Å². The van der Waals surface area contributed by atoms with Gasteiger partial charge in [-0.2, -0.15) is 0 Å². The van der Waals surface area contributed by atoms with Crippen LogP contribution in [0.2, 0.25) is 18.1 Å². The van der Waals surface area contributed by atoms with Crippen molar-refractivity contribution in [3.05, 3.63) is 0 Å². The molecule has 28 heavy (non-hydrogen) atoms. The van der Waals surface area contributed by atoms with E-state index < -0.39 is 25.9 Å². The maximum atomic E-state index is 12.1. The fourth-order valence-corrected chi connectivity index (χ4v) is 4.29. The van der Waals surface area contributed by atoms with Crippen molar-refractivity contribution in [1.29, 1.82) is 0 Å². The Labute approximate surface area is 172 Å². The molecule has 0 unspecified atom stereocenters. The molecular weight excluding hydrogens is 376 g/mol. The Morgan fingerprint density at radius 2 is 1.79 bits per heavy atom. The Morgan fingerprint density at radius 3 is 2.21 bits per heavy atom. The summed E-state index contributed by atoms with van der Waals surface area (Å²) < 4.78 is 23.2. The summed E-state index contributed by atoms with van der Waals surface area (Å²) in [6.07, 6.45) is -0.765. The van der Waals surface area contributed by atoms with Crippen LogP contribution >= 0.6 is 0 Å². The molecule has 0 aliphatic carbocycles. The van der Waals surface area contributed by atoms with Crippen molar-refractivity contribution in [3.8, 4) is 0 Å². The molecule has 0 spiro atoms. The molecule has 1 heterocycles. The fraction of sp³-hybridized carbons (Fsp3) is 0.952. The van der Waals surface area contributed by atoms with Crippen molar-refractivity contribution >= 4 is 14.3 Å². The van der Waals surface area contributed by atoms with Crippen LogP contribution in [0.5, 0.6) is 0 Å². The van der Waals surface area contributed by atoms with Gasteiger partial charge in [-0.15, -0.1) is 0 Å². The zero-order valence-corrected chi connectivity index (χ0v) is 20.5. The van der Waals surface area contributed by atoms with Crippen LogP contribution in [0.15, 0.2) is 0 Å². The molecule has 0 aromatic carbocycles. The second-order valence-corrected chi connectivity index (χ2v) is 15.3. The average molecular weight is 419 g/mol. The maximum absolute atomic E-state index is 12.1. The predicted octanol–water partition coefficient (Wildman–Crippen LogP) is 4.11. The van der Waals surface area contributed by atoms with Gasteiger partial charge < -0.3 is 23.7 Å². The Hall–Kier alpha value is -0.473. The summed E-state index contributed by atoms with van der Waals surface area (Å²) in [4.78, 5) is 12.1. The summed E-state index contributed by atoms with van der Waals surface area (Å²) in [5.41, 5.74) is -0.552. The Morgan fingerprint density at radius 1 is 1.21 bits per heavy atom. The van der Waals surface area contributed by atoms with Gasteiger partial charge in [0.2, 0.25) is 0 Å². The van der Waals surface area contributed by atoms with Gasteiger partial charge in [0.05, 0.1) is 24.2 Å². The first kappa shape index (κ1) is 25.6. The van der Waals surface area contributed by atoms with Crippen molar-refractivity contribution in [2.45, 2.75) is 104 Å². The van der Waals surface area contributed by atoms with Crippen LogP contribution in [0.4, 0.5) is 0 Å². The first-order valence-electron chi connectivity index (χ1n) is 10.3. The van der Waals surface area contributed by atoms with Crippen LogP contribution in [-0.2, 0) is 23.4 Å². The number of aliphatic hydroxyl groups is 1. The predicted molar refractivity (Wildman–Crippen MR) is 113 cm³/mol. The maximum Gasteiger partial charge on any atom is 0.311 e. The molecular formula is C21H42O6Si. The van der Waals surface area contributed by atoms with Crippen molar-refractivity contribution < 1.29 is 28.5 Å². The van der Waals surface area contributed by atoms with Crippen LogP contribution in [0.1, 0.15) is 61.3 Å². The van der Waals surface area contributed by atoms with E-state index in [9.17, 15) is 9.90 Å². The first-order chi connectivity index (χ1) is 12.6. The van der Waals surface area contributed by atoms with E-state index in [1.54, 1.807) is 7.11 Å². The summed E-state index contributed by atoms with van der Waals surface area (Å²) in [6.45, 7) is 18.5. The van der Waals surface area contributed by atoms with E-state index in [1.165, 1.54) is 0 Å². The third-order valence-electron chi connectivity index (χ3n) is 5.91. The number of aliphatic hydroxyl groups excluding tert-OH is 1. The number of carbonyl (C=O) groups is 1. The van der Waals surface area contributed by atoms with Crippen LogP contribution in [0, 0.1) is 11.3 Å². The molecule has 6 nitrogen and oxygen atoms in total. The second kappa shape index (κ2) is 9.56. The third-order valence-corrected chi connectivity index (χ3v) is 10.4. The van der Waals surface area contributed by atoms with E-state index in [0.29, 0.717) is 6.42 Å². The van der Waals surface area contributed by atoms with Gasteiger partial charge in [0.15, 0.2) is 14.6 Å². The highest BCUT2D eigenvalue weighted by Gasteiger charge is 2.45. The minimum Gasteiger partial charge on any atom is -0.465 e. The quantitative estimate of drug-likeness (QED) is 0.472. The second-order valence-electron chi connectivity index (χ2n) is 10.6. The summed E-state index contributed by atoms with van der Waals surface area (Å²) >= 11 is 0. The molecule has 1 saturated heterocycles. The molecule has 1 fully saturated rings. The molecule has 1 rings (SSSR count). The molecule has 0 aromatic rings. The van der Waals surface area contributed by atoms with Crippen molar-refractivity contribution in [3.63, 3.8) is 0 Å². The van der Waals surface area contributed by atoms with Gasteiger partial charge in [0.25, 0.3) is 0 Å². The molecule has 5 atom stereocenters. The summed E-state index contributed by atoms with van der Waals surface area (Å²) in [7, 11) is -0.517. The monoisotopic (exact) mass is 418 g/mol. The van der Waals surface area contributed by atoms with E-state index in [0.717, 1.165) is 6.42 Å². The number of hydrogen-bond donors (Lipinski definition) is 1. The van der Waals surface area contributed by atoms with Gasteiger partial charge in [-0.25, -0.2) is 0 Å². The van der Waals surface area contributed by atoms with Gasteiger partial charge in [-0.05, 0) is 44.8 Å². The SMILES string of the molecule is CO[C@H]1C[C@@H](C)[C@H]([C@H](O)[C@@H](CCOC(=O)C(C)(C)C)O[Si](C)(C)C(C)(C)C)O1. The van der Waals surface area contributed by atoms with Crippen LogP contribution in [0.25, 0.3) is 0 Å². The first-order valence-corrected chi connectivity index (χ1v) is 13.2. The lowest BCUT2D eigenvalue weighted by molar-refractivity contribution is -0.161. The zero-order chi connectivity index (χ0) is 21.9. The Balaban J connectivity index is 2.90. The van der Waals surface area contributed by atoms with Crippen molar-refractivity contribution in [1.82, 2.24) is 0 Å². The fourth-order valence-electron chi connectivity index (χ4n) is 2.92. The lowest BCUT2D eigenvalue weighted by atomic mass is 9.95.